The van der Waals surface area contributed by atoms with Crippen LogP contribution in [0.4, 0.5) is 0 Å². The Morgan fingerprint density at radius 2 is 1.55 bits per heavy atom. The molecule has 0 saturated heterocycles. The Labute approximate surface area is 279 Å². The van der Waals surface area contributed by atoms with Gasteiger partial charge < -0.3 is 14.9 Å². The lowest BCUT2D eigenvalue weighted by Crippen LogP contribution is -2.30. The molecule has 0 aliphatic carbocycles. The molecule has 242 valence electrons. The number of aromatic nitrogens is 1. The van der Waals surface area contributed by atoms with E-state index in [2.05, 4.69) is 9.88 Å². The van der Waals surface area contributed by atoms with E-state index in [0.717, 1.165) is 16.7 Å². The number of carboxylic acids is 1. The third kappa shape index (κ3) is 8.84. The Morgan fingerprint density at radius 3 is 2.17 bits per heavy atom. The lowest BCUT2D eigenvalue weighted by Gasteiger charge is -2.25. The number of pyridine rings is 1. The summed E-state index contributed by atoms with van der Waals surface area (Å²) in [7, 11) is -4.14. The molecule has 0 aliphatic rings. The fourth-order valence-electron chi connectivity index (χ4n) is 5.24. The second kappa shape index (κ2) is 15.4. The Morgan fingerprint density at radius 1 is 0.894 bits per heavy atom. The van der Waals surface area contributed by atoms with E-state index in [4.69, 9.17) is 16.3 Å². The van der Waals surface area contributed by atoms with E-state index >= 15 is 0 Å². The van der Waals surface area contributed by atoms with Crippen LogP contribution in [0.3, 0.4) is 0 Å². The van der Waals surface area contributed by atoms with Crippen LogP contribution in [0.15, 0.2) is 125 Å². The van der Waals surface area contributed by atoms with Crippen molar-refractivity contribution in [3.8, 4) is 5.75 Å². The highest BCUT2D eigenvalue weighted by molar-refractivity contribution is 7.91. The Kier molecular flexibility index (Phi) is 11.1. The van der Waals surface area contributed by atoms with Crippen LogP contribution in [0, 0.1) is 6.92 Å². The maximum Gasteiger partial charge on any atom is 0.339 e. The quantitative estimate of drug-likeness (QED) is 0.122. The number of aliphatic hydroxyl groups excluding tert-OH is 1. The zero-order valence-corrected chi connectivity index (χ0v) is 27.4. The predicted molar refractivity (Wildman–Crippen MR) is 180 cm³/mol. The highest BCUT2D eigenvalue weighted by Gasteiger charge is 2.28. The van der Waals surface area contributed by atoms with Crippen LogP contribution in [0.5, 0.6) is 5.75 Å². The number of hydrogen-bond donors (Lipinski definition) is 2. The molecule has 1 heterocycles. The molecule has 1 aromatic heterocycles. The largest absolute Gasteiger partial charge is 0.487 e. The third-order valence-electron chi connectivity index (χ3n) is 7.71. The van der Waals surface area contributed by atoms with Crippen molar-refractivity contribution in [3.63, 3.8) is 0 Å². The average Bonchev–Trinajstić information content (AvgIpc) is 3.07. The fourth-order valence-corrected chi connectivity index (χ4v) is 6.85. The molecular weight excluding hydrogens is 636 g/mol. The monoisotopic (exact) mass is 670 g/mol. The molecule has 2 N–H and O–H groups in total. The average molecular weight is 671 g/mol. The van der Waals surface area contributed by atoms with E-state index in [1.807, 2.05) is 60.7 Å². The Bertz CT molecular complexity index is 1900. The summed E-state index contributed by atoms with van der Waals surface area (Å²) < 4.78 is 33.7. The molecule has 0 spiro atoms. The van der Waals surface area contributed by atoms with Crippen molar-refractivity contribution in [2.75, 3.05) is 13.1 Å². The number of rotatable bonds is 14. The van der Waals surface area contributed by atoms with Crippen molar-refractivity contribution in [2.45, 2.75) is 42.4 Å². The summed E-state index contributed by atoms with van der Waals surface area (Å²) in [5.74, 6) is -1.47. The lowest BCUT2D eigenvalue weighted by molar-refractivity contribution is 0.0691. The van der Waals surface area contributed by atoms with Gasteiger partial charge in [0.25, 0.3) is 0 Å². The maximum absolute atomic E-state index is 13.9. The maximum atomic E-state index is 13.9. The van der Waals surface area contributed by atoms with Crippen molar-refractivity contribution in [1.29, 1.82) is 0 Å². The number of carboxylic acid groups (broad SMARTS) is 1. The number of aliphatic hydroxyl groups is 1. The minimum Gasteiger partial charge on any atom is -0.487 e. The second-order valence-electron chi connectivity index (χ2n) is 11.3. The molecule has 0 fully saturated rings. The highest BCUT2D eigenvalue weighted by Crippen LogP contribution is 2.35. The van der Waals surface area contributed by atoms with Gasteiger partial charge in [-0.3, -0.25) is 4.90 Å². The molecule has 5 aromatic rings. The van der Waals surface area contributed by atoms with E-state index in [1.165, 1.54) is 24.3 Å². The first-order valence-electron chi connectivity index (χ1n) is 15.0. The molecule has 0 bridgehead atoms. The number of aromatic carboxylic acids is 1. The molecule has 47 heavy (non-hydrogen) atoms. The molecule has 0 aliphatic heterocycles. The molecule has 8 nitrogen and oxygen atoms in total. The SMILES string of the molecule is Cc1cc(C(=O)O)c(OCc2ccccc2)c(S(=O)(=O)c2ccc(CCN(Cc3ccccc3)C[C@@H](O)c3ccc(Cl)nc3)cc2)c1. The van der Waals surface area contributed by atoms with Gasteiger partial charge in [0.05, 0.1) is 11.0 Å². The minimum absolute atomic E-state index is 0.00828. The smallest absolute Gasteiger partial charge is 0.339 e. The highest BCUT2D eigenvalue weighted by atomic mass is 35.5. The predicted octanol–water partition coefficient (Wildman–Crippen LogP) is 6.93. The van der Waals surface area contributed by atoms with Crippen LogP contribution in [0.1, 0.15) is 44.3 Å². The summed E-state index contributed by atoms with van der Waals surface area (Å²) in [4.78, 5) is 18.2. The summed E-state index contributed by atoms with van der Waals surface area (Å²) >= 11 is 5.92. The van der Waals surface area contributed by atoms with Crippen LogP contribution in [0.25, 0.3) is 0 Å². The molecule has 0 amide bonds. The minimum atomic E-state index is -4.14. The number of aryl methyl sites for hydroxylation is 1. The normalized spacial score (nSPS) is 12.2. The summed E-state index contributed by atoms with van der Waals surface area (Å²) in [6.07, 6.45) is 1.38. The van der Waals surface area contributed by atoms with Gasteiger partial charge in [-0.2, -0.15) is 0 Å². The number of hydrogen-bond acceptors (Lipinski definition) is 7. The number of halogens is 1. The number of benzene rings is 4. The van der Waals surface area contributed by atoms with Crippen molar-refractivity contribution in [3.05, 3.63) is 154 Å². The van der Waals surface area contributed by atoms with Crippen LogP contribution in [-0.4, -0.2) is 47.6 Å². The summed E-state index contributed by atoms with van der Waals surface area (Å²) in [5.41, 5.74) is 3.71. The zero-order valence-electron chi connectivity index (χ0n) is 25.8. The Balaban J connectivity index is 1.35. The van der Waals surface area contributed by atoms with Crippen LogP contribution in [-0.2, 0) is 29.4 Å². The van der Waals surface area contributed by atoms with E-state index in [-0.39, 0.29) is 27.7 Å². The number of nitrogens with zero attached hydrogens (tertiary/aromatic N) is 2. The van der Waals surface area contributed by atoms with E-state index in [0.29, 0.717) is 42.3 Å². The van der Waals surface area contributed by atoms with Gasteiger partial charge in [0.1, 0.15) is 22.2 Å². The first-order valence-corrected chi connectivity index (χ1v) is 16.9. The van der Waals surface area contributed by atoms with Crippen LogP contribution >= 0.6 is 11.6 Å². The van der Waals surface area contributed by atoms with E-state index in [1.54, 1.807) is 37.4 Å². The Hall–Kier alpha value is -4.54. The van der Waals surface area contributed by atoms with Crippen molar-refractivity contribution in [2.24, 2.45) is 0 Å². The van der Waals surface area contributed by atoms with Crippen LogP contribution in [0.2, 0.25) is 5.15 Å². The third-order valence-corrected chi connectivity index (χ3v) is 9.71. The second-order valence-corrected chi connectivity index (χ2v) is 13.6. The molecule has 4 aromatic carbocycles. The van der Waals surface area contributed by atoms with Gasteiger partial charge in [-0.1, -0.05) is 90.5 Å². The van der Waals surface area contributed by atoms with Crippen molar-refractivity contribution in [1.82, 2.24) is 9.88 Å². The van der Waals surface area contributed by atoms with E-state index in [9.17, 15) is 23.4 Å². The molecule has 1 atom stereocenters. The first-order chi connectivity index (χ1) is 22.6. The van der Waals surface area contributed by atoms with Gasteiger partial charge >= 0.3 is 5.97 Å². The van der Waals surface area contributed by atoms with Gasteiger partial charge in [0.2, 0.25) is 9.84 Å². The molecule has 0 radical (unpaired) electrons. The molecule has 0 unspecified atom stereocenters. The van der Waals surface area contributed by atoms with Gasteiger partial charge in [-0.15, -0.1) is 0 Å². The number of ether oxygens (including phenoxy) is 1. The molecule has 10 heteroatoms. The van der Waals surface area contributed by atoms with Gasteiger partial charge in [0, 0.05) is 31.4 Å². The van der Waals surface area contributed by atoms with Gasteiger partial charge in [0.15, 0.2) is 5.75 Å². The van der Waals surface area contributed by atoms with E-state index < -0.39 is 21.9 Å². The fraction of sp³-hybridized carbons (Fsp3) is 0.189. The van der Waals surface area contributed by atoms with Crippen molar-refractivity contribution >= 4 is 27.4 Å². The number of sulfone groups is 1. The molecule has 0 saturated carbocycles. The standard InChI is InChI=1S/C37H35ClN2O6S/c1-26-20-32(37(42)43)36(46-25-29-10-6-3-7-11-29)34(21-26)47(44,45)31-15-12-27(13-16-31)18-19-40(23-28-8-4-2-5-9-28)24-33(41)30-14-17-35(38)39-22-30/h2-17,20-22,33,41H,18-19,23-25H2,1H3,(H,42,43)/t33-/m1/s1. The number of carbonyl (C=O) groups is 1. The zero-order chi connectivity index (χ0) is 33.4. The van der Waals surface area contributed by atoms with Crippen molar-refractivity contribution < 1.29 is 28.2 Å². The van der Waals surface area contributed by atoms with Gasteiger partial charge in [-0.25, -0.2) is 18.2 Å². The lowest BCUT2D eigenvalue weighted by atomic mass is 10.1. The topological polar surface area (TPSA) is 117 Å². The summed E-state index contributed by atoms with van der Waals surface area (Å²) in [5, 5.41) is 21.2. The summed E-state index contributed by atoms with van der Waals surface area (Å²) in [6, 6.07) is 31.9. The van der Waals surface area contributed by atoms with Gasteiger partial charge in [-0.05, 0) is 65.9 Å². The molecule has 5 rings (SSSR count). The van der Waals surface area contributed by atoms with Crippen LogP contribution < -0.4 is 4.74 Å². The first kappa shape index (κ1) is 33.8. The summed E-state index contributed by atoms with van der Waals surface area (Å²) in [6.45, 7) is 3.22. The molecular formula is C37H35ClN2O6S.